The highest BCUT2D eigenvalue weighted by Crippen LogP contribution is 2.69. The van der Waals surface area contributed by atoms with E-state index in [-0.39, 0.29) is 0 Å². The van der Waals surface area contributed by atoms with Crippen LogP contribution in [-0.4, -0.2) is 16.9 Å². The highest BCUT2D eigenvalue weighted by Gasteiger charge is 2.78. The fourth-order valence-corrected chi connectivity index (χ4v) is 2.94. The van der Waals surface area contributed by atoms with Crippen molar-refractivity contribution in [2.45, 2.75) is 23.6 Å². The zero-order valence-corrected chi connectivity index (χ0v) is 10.5. The smallest absolute Gasteiger partial charge is 0.379 e. The molecule has 2 aromatic rings. The van der Waals surface area contributed by atoms with Crippen LogP contribution >= 0.6 is 0 Å². The highest BCUT2D eigenvalue weighted by atomic mass is 19.4. The molecule has 4 heteroatoms. The van der Waals surface area contributed by atoms with E-state index < -0.39 is 23.6 Å². The van der Waals surface area contributed by atoms with Crippen LogP contribution in [0.25, 0.3) is 0 Å². The van der Waals surface area contributed by atoms with E-state index in [1.807, 2.05) is 0 Å². The third-order valence-electron chi connectivity index (χ3n) is 3.94. The van der Waals surface area contributed by atoms with Crippen LogP contribution in [0.5, 0.6) is 0 Å². The molecule has 0 radical (unpaired) electrons. The average Bonchev–Trinajstić information content (AvgIpc) is 3.08. The van der Waals surface area contributed by atoms with Crippen LogP contribution in [0.15, 0.2) is 60.7 Å². The summed E-state index contributed by atoms with van der Waals surface area (Å²) in [7, 11) is 0. The van der Waals surface area contributed by atoms with Gasteiger partial charge in [-0.25, -0.2) is 0 Å². The second-order valence-electron chi connectivity index (χ2n) is 5.10. The van der Waals surface area contributed by atoms with Crippen molar-refractivity contribution in [1.82, 2.24) is 0 Å². The lowest BCUT2D eigenvalue weighted by Gasteiger charge is -2.15. The van der Waals surface area contributed by atoms with E-state index in [0.29, 0.717) is 11.1 Å². The summed E-state index contributed by atoms with van der Waals surface area (Å²) in [5.74, 6) is -1.88. The van der Waals surface area contributed by atoms with Gasteiger partial charge in [-0.1, -0.05) is 60.7 Å². The van der Waals surface area contributed by atoms with Crippen molar-refractivity contribution < 1.29 is 18.3 Å². The minimum atomic E-state index is -4.64. The Bertz CT molecular complexity index is 547. The maximum absolute atomic E-state index is 13.2. The van der Waals surface area contributed by atoms with Gasteiger partial charge < -0.3 is 5.11 Å². The van der Waals surface area contributed by atoms with Crippen LogP contribution in [-0.2, 0) is 0 Å². The minimum absolute atomic E-state index is 0.515. The molecule has 1 unspecified atom stereocenters. The maximum Gasteiger partial charge on any atom is 0.418 e. The van der Waals surface area contributed by atoms with Crippen molar-refractivity contribution in [2.75, 3.05) is 0 Å². The van der Waals surface area contributed by atoms with Gasteiger partial charge in [0.25, 0.3) is 0 Å². The van der Waals surface area contributed by atoms with Crippen LogP contribution < -0.4 is 0 Å². The Morgan fingerprint density at radius 2 is 1.10 bits per heavy atom. The lowest BCUT2D eigenvalue weighted by atomic mass is 10.0. The Hall–Kier alpha value is -1.81. The zero-order chi connectivity index (χ0) is 14.4. The van der Waals surface area contributed by atoms with Crippen LogP contribution in [0.1, 0.15) is 23.0 Å². The lowest BCUT2D eigenvalue weighted by molar-refractivity contribution is -0.222. The summed E-state index contributed by atoms with van der Waals surface area (Å²) in [6.45, 7) is 0. The van der Waals surface area contributed by atoms with Gasteiger partial charge in [-0.15, -0.1) is 0 Å². The number of rotatable bonds is 2. The number of halogens is 3. The van der Waals surface area contributed by atoms with E-state index in [2.05, 4.69) is 0 Å². The molecule has 1 fully saturated rings. The number of hydrogen-bond donors (Lipinski definition) is 1. The second-order valence-corrected chi connectivity index (χ2v) is 5.10. The number of aliphatic hydroxyl groups is 1. The van der Waals surface area contributed by atoms with Crippen molar-refractivity contribution in [3.8, 4) is 0 Å². The first kappa shape index (κ1) is 13.2. The summed E-state index contributed by atoms with van der Waals surface area (Å²) >= 11 is 0. The van der Waals surface area contributed by atoms with Crippen LogP contribution in [0.4, 0.5) is 13.2 Å². The molecule has 1 N–H and O–H groups in total. The third-order valence-corrected chi connectivity index (χ3v) is 3.94. The summed E-state index contributed by atoms with van der Waals surface area (Å²) in [6.07, 6.45) is -4.64. The molecule has 0 saturated heterocycles. The Balaban J connectivity index is 2.05. The molecule has 0 amide bonds. The first-order valence-electron chi connectivity index (χ1n) is 6.35. The molecular formula is C16H13F3O. The Morgan fingerprint density at radius 3 is 1.40 bits per heavy atom. The molecule has 2 aromatic carbocycles. The van der Waals surface area contributed by atoms with Gasteiger partial charge in [0.2, 0.25) is 0 Å². The summed E-state index contributed by atoms with van der Waals surface area (Å²) in [5.41, 5.74) is -1.64. The predicted octanol–water partition coefficient (Wildman–Crippen LogP) is 3.86. The zero-order valence-electron chi connectivity index (χ0n) is 10.5. The first-order valence-corrected chi connectivity index (χ1v) is 6.35. The topological polar surface area (TPSA) is 20.2 Å². The predicted molar refractivity (Wildman–Crippen MR) is 69.4 cm³/mol. The van der Waals surface area contributed by atoms with E-state index in [1.165, 1.54) is 0 Å². The van der Waals surface area contributed by atoms with Gasteiger partial charge >= 0.3 is 6.18 Å². The van der Waals surface area contributed by atoms with Crippen molar-refractivity contribution in [1.29, 1.82) is 0 Å². The molecule has 3 atom stereocenters. The largest absolute Gasteiger partial charge is 0.418 e. The highest BCUT2D eigenvalue weighted by molar-refractivity contribution is 5.46. The van der Waals surface area contributed by atoms with E-state index >= 15 is 0 Å². The maximum atomic E-state index is 13.2. The van der Waals surface area contributed by atoms with E-state index in [0.717, 1.165) is 0 Å². The number of benzene rings is 2. The van der Waals surface area contributed by atoms with Gasteiger partial charge in [0.15, 0.2) is 5.60 Å². The Labute approximate surface area is 114 Å². The lowest BCUT2D eigenvalue weighted by Crippen LogP contribution is -2.34. The van der Waals surface area contributed by atoms with Crippen LogP contribution in [0, 0.1) is 0 Å². The molecular weight excluding hydrogens is 265 g/mol. The molecule has 3 rings (SSSR count). The number of hydrogen-bond acceptors (Lipinski definition) is 1. The molecule has 0 bridgehead atoms. The molecule has 0 aliphatic heterocycles. The monoisotopic (exact) mass is 278 g/mol. The van der Waals surface area contributed by atoms with Crippen LogP contribution in [0.3, 0.4) is 0 Å². The standard InChI is InChI=1S/C16H13F3O/c17-16(18,19)15(20)13(11-7-3-1-4-8-11)14(15)12-9-5-2-6-10-12/h1-10,13-14,20H/t13-,14+,15?. The Morgan fingerprint density at radius 1 is 0.750 bits per heavy atom. The van der Waals surface area contributed by atoms with Crippen molar-refractivity contribution in [2.24, 2.45) is 0 Å². The second kappa shape index (κ2) is 4.35. The molecule has 1 aliphatic rings. The third kappa shape index (κ3) is 1.83. The van der Waals surface area contributed by atoms with Gasteiger partial charge in [0.05, 0.1) is 0 Å². The van der Waals surface area contributed by atoms with E-state index in [1.54, 1.807) is 60.7 Å². The molecule has 1 nitrogen and oxygen atoms in total. The van der Waals surface area contributed by atoms with Gasteiger partial charge in [0.1, 0.15) is 0 Å². The molecule has 0 heterocycles. The van der Waals surface area contributed by atoms with E-state index in [4.69, 9.17) is 0 Å². The van der Waals surface area contributed by atoms with Crippen molar-refractivity contribution >= 4 is 0 Å². The molecule has 1 aliphatic carbocycles. The van der Waals surface area contributed by atoms with E-state index in [9.17, 15) is 18.3 Å². The van der Waals surface area contributed by atoms with Gasteiger partial charge in [-0.05, 0) is 11.1 Å². The van der Waals surface area contributed by atoms with Gasteiger partial charge in [-0.3, -0.25) is 0 Å². The normalized spacial score (nSPS) is 29.2. The fourth-order valence-electron chi connectivity index (χ4n) is 2.94. The molecule has 0 spiro atoms. The quantitative estimate of drug-likeness (QED) is 0.884. The summed E-state index contributed by atoms with van der Waals surface area (Å²) in [5, 5.41) is 10.2. The Kier molecular flexibility index (Phi) is 2.87. The summed E-state index contributed by atoms with van der Waals surface area (Å²) < 4.78 is 39.7. The van der Waals surface area contributed by atoms with Crippen molar-refractivity contribution in [3.63, 3.8) is 0 Å². The van der Waals surface area contributed by atoms with Gasteiger partial charge in [0, 0.05) is 11.8 Å². The van der Waals surface area contributed by atoms with Crippen LogP contribution in [0.2, 0.25) is 0 Å². The molecule has 1 saturated carbocycles. The minimum Gasteiger partial charge on any atom is -0.379 e. The molecule has 20 heavy (non-hydrogen) atoms. The SMILES string of the molecule is OC1(C(F)(F)F)[C@H](c2ccccc2)[C@@H]1c1ccccc1. The van der Waals surface area contributed by atoms with Crippen molar-refractivity contribution in [3.05, 3.63) is 71.8 Å². The molecule has 0 aromatic heterocycles. The summed E-state index contributed by atoms with van der Waals surface area (Å²) in [6, 6.07) is 16.8. The average molecular weight is 278 g/mol. The fraction of sp³-hybridized carbons (Fsp3) is 0.250. The molecule has 104 valence electrons. The summed E-state index contributed by atoms with van der Waals surface area (Å²) in [4.78, 5) is 0. The number of alkyl halides is 3. The first-order chi connectivity index (χ1) is 9.46. The van der Waals surface area contributed by atoms with Gasteiger partial charge in [-0.2, -0.15) is 13.2 Å².